The van der Waals surface area contributed by atoms with Crippen LogP contribution >= 0.6 is 23.2 Å². The number of ketones is 1. The molecular formula is C19H16Cl2N2O. The Morgan fingerprint density at radius 1 is 1.00 bits per heavy atom. The Bertz CT molecular complexity index is 927. The number of hydrogen-bond acceptors (Lipinski definition) is 2. The van der Waals surface area contributed by atoms with E-state index in [9.17, 15) is 4.79 Å². The fraction of sp³-hybridized carbons (Fsp3) is 0.158. The zero-order chi connectivity index (χ0) is 17.4. The summed E-state index contributed by atoms with van der Waals surface area (Å²) < 4.78 is 1.81. The van der Waals surface area contributed by atoms with Crippen LogP contribution < -0.4 is 0 Å². The molecule has 1 aromatic heterocycles. The van der Waals surface area contributed by atoms with Gasteiger partial charge in [0, 0.05) is 28.1 Å². The lowest BCUT2D eigenvalue weighted by atomic mass is 10.0. The van der Waals surface area contributed by atoms with E-state index in [1.54, 1.807) is 4.68 Å². The molecule has 0 amide bonds. The second-order valence-corrected chi connectivity index (χ2v) is 6.60. The van der Waals surface area contributed by atoms with Crippen LogP contribution in [0.3, 0.4) is 0 Å². The van der Waals surface area contributed by atoms with Crippen LogP contribution in [0.2, 0.25) is 10.0 Å². The summed E-state index contributed by atoms with van der Waals surface area (Å²) in [5.74, 6) is -0.0620. The number of nitrogens with zero attached hydrogens (tertiary/aromatic N) is 2. The van der Waals surface area contributed by atoms with Gasteiger partial charge in [0.25, 0.3) is 0 Å². The number of Topliss-reactive ketones (excluding diaryl/α,β-unsaturated/α-hetero) is 1. The monoisotopic (exact) mass is 358 g/mol. The number of halogens is 2. The minimum absolute atomic E-state index is 0.0620. The predicted molar refractivity (Wildman–Crippen MR) is 98.5 cm³/mol. The van der Waals surface area contributed by atoms with Crippen molar-refractivity contribution in [1.29, 1.82) is 0 Å². The molecule has 3 rings (SSSR count). The van der Waals surface area contributed by atoms with Gasteiger partial charge in [0.2, 0.25) is 0 Å². The molecule has 0 saturated heterocycles. The number of rotatable bonds is 3. The summed E-state index contributed by atoms with van der Waals surface area (Å²) in [7, 11) is 0. The SMILES string of the molecule is CC(=O)c1nn(-c2ccc(Cl)cc2C)c(-c2ccc(Cl)cc2)c1C. The normalized spacial score (nSPS) is 10.9. The first kappa shape index (κ1) is 16.7. The number of hydrogen-bond donors (Lipinski definition) is 0. The van der Waals surface area contributed by atoms with E-state index in [0.29, 0.717) is 15.7 Å². The summed E-state index contributed by atoms with van der Waals surface area (Å²) in [6.45, 7) is 5.41. The fourth-order valence-corrected chi connectivity index (χ4v) is 3.16. The maximum absolute atomic E-state index is 12.0. The topological polar surface area (TPSA) is 34.9 Å². The van der Waals surface area contributed by atoms with Gasteiger partial charge in [-0.05, 0) is 49.7 Å². The molecule has 0 atom stereocenters. The maximum Gasteiger partial charge on any atom is 0.180 e. The van der Waals surface area contributed by atoms with Crippen molar-refractivity contribution in [3.8, 4) is 16.9 Å². The van der Waals surface area contributed by atoms with Gasteiger partial charge in [-0.3, -0.25) is 4.79 Å². The maximum atomic E-state index is 12.0. The van der Waals surface area contributed by atoms with Crippen molar-refractivity contribution in [3.63, 3.8) is 0 Å². The van der Waals surface area contributed by atoms with E-state index in [2.05, 4.69) is 5.10 Å². The third-order valence-electron chi connectivity index (χ3n) is 3.96. The molecule has 2 aromatic carbocycles. The number of aryl methyl sites for hydroxylation is 1. The Morgan fingerprint density at radius 3 is 2.21 bits per heavy atom. The molecule has 0 radical (unpaired) electrons. The first-order chi connectivity index (χ1) is 11.4. The molecule has 1 heterocycles. The fourth-order valence-electron chi connectivity index (χ4n) is 2.81. The second kappa shape index (κ2) is 6.42. The molecule has 0 bridgehead atoms. The van der Waals surface area contributed by atoms with Gasteiger partial charge in [-0.15, -0.1) is 0 Å². The first-order valence-electron chi connectivity index (χ1n) is 7.51. The molecule has 0 unspecified atom stereocenters. The number of carbonyl (C=O) groups is 1. The number of benzene rings is 2. The summed E-state index contributed by atoms with van der Waals surface area (Å²) in [4.78, 5) is 12.0. The van der Waals surface area contributed by atoms with Gasteiger partial charge in [0.05, 0.1) is 11.4 Å². The zero-order valence-electron chi connectivity index (χ0n) is 13.6. The lowest BCUT2D eigenvalue weighted by Crippen LogP contribution is -2.03. The standard InChI is InChI=1S/C19H16Cl2N2O/c1-11-10-16(21)8-9-17(11)23-19(12(2)18(22-23)13(3)24)14-4-6-15(20)7-5-14/h4-10H,1-3H3. The quantitative estimate of drug-likeness (QED) is 0.565. The smallest absolute Gasteiger partial charge is 0.180 e. The lowest BCUT2D eigenvalue weighted by Gasteiger charge is -2.12. The molecule has 0 fully saturated rings. The van der Waals surface area contributed by atoms with E-state index in [-0.39, 0.29) is 5.78 Å². The van der Waals surface area contributed by atoms with Gasteiger partial charge >= 0.3 is 0 Å². The van der Waals surface area contributed by atoms with Crippen LogP contribution in [-0.2, 0) is 0 Å². The molecular weight excluding hydrogens is 343 g/mol. The molecule has 0 aliphatic carbocycles. The van der Waals surface area contributed by atoms with Crippen molar-refractivity contribution >= 4 is 29.0 Å². The molecule has 0 saturated carbocycles. The molecule has 0 spiro atoms. The van der Waals surface area contributed by atoms with E-state index >= 15 is 0 Å². The Morgan fingerprint density at radius 2 is 1.62 bits per heavy atom. The average Bonchev–Trinajstić information content (AvgIpc) is 2.86. The van der Waals surface area contributed by atoms with Crippen LogP contribution in [0.1, 0.15) is 28.5 Å². The Hall–Kier alpha value is -2.10. The van der Waals surface area contributed by atoms with Crippen molar-refractivity contribution < 1.29 is 4.79 Å². The second-order valence-electron chi connectivity index (χ2n) is 5.73. The van der Waals surface area contributed by atoms with Gasteiger partial charge in [0.1, 0.15) is 5.69 Å². The number of aromatic nitrogens is 2. The van der Waals surface area contributed by atoms with Crippen molar-refractivity contribution in [2.75, 3.05) is 0 Å². The van der Waals surface area contributed by atoms with Gasteiger partial charge in [-0.2, -0.15) is 5.10 Å². The molecule has 0 N–H and O–H groups in total. The third kappa shape index (κ3) is 2.97. The lowest BCUT2D eigenvalue weighted by molar-refractivity contribution is 0.101. The van der Waals surface area contributed by atoms with Crippen LogP contribution in [0.15, 0.2) is 42.5 Å². The molecule has 0 aliphatic heterocycles. The van der Waals surface area contributed by atoms with Crippen molar-refractivity contribution in [2.24, 2.45) is 0 Å². The van der Waals surface area contributed by atoms with Crippen LogP contribution in [0.5, 0.6) is 0 Å². The van der Waals surface area contributed by atoms with E-state index < -0.39 is 0 Å². The van der Waals surface area contributed by atoms with Gasteiger partial charge < -0.3 is 0 Å². The van der Waals surface area contributed by atoms with E-state index in [0.717, 1.165) is 28.1 Å². The van der Waals surface area contributed by atoms with Crippen LogP contribution in [0.25, 0.3) is 16.9 Å². The summed E-state index contributed by atoms with van der Waals surface area (Å²) in [6.07, 6.45) is 0. The third-order valence-corrected chi connectivity index (χ3v) is 4.45. The minimum atomic E-state index is -0.0620. The predicted octanol–water partition coefficient (Wildman–Crippen LogP) is 5.67. The molecule has 24 heavy (non-hydrogen) atoms. The van der Waals surface area contributed by atoms with Crippen LogP contribution in [0.4, 0.5) is 0 Å². The van der Waals surface area contributed by atoms with E-state index in [1.165, 1.54) is 6.92 Å². The highest BCUT2D eigenvalue weighted by atomic mass is 35.5. The first-order valence-corrected chi connectivity index (χ1v) is 8.27. The molecule has 122 valence electrons. The number of carbonyl (C=O) groups excluding carboxylic acids is 1. The highest BCUT2D eigenvalue weighted by molar-refractivity contribution is 6.31. The molecule has 5 heteroatoms. The molecule has 3 nitrogen and oxygen atoms in total. The Balaban J connectivity index is 2.30. The van der Waals surface area contributed by atoms with Gasteiger partial charge in [-0.25, -0.2) is 4.68 Å². The summed E-state index contributed by atoms with van der Waals surface area (Å²) in [5.41, 5.74) is 5.01. The average molecular weight is 359 g/mol. The van der Waals surface area contributed by atoms with Gasteiger partial charge in [-0.1, -0.05) is 35.3 Å². The van der Waals surface area contributed by atoms with Crippen molar-refractivity contribution in [1.82, 2.24) is 9.78 Å². The summed E-state index contributed by atoms with van der Waals surface area (Å²) >= 11 is 12.1. The van der Waals surface area contributed by atoms with Gasteiger partial charge in [0.15, 0.2) is 5.78 Å². The minimum Gasteiger partial charge on any atom is -0.293 e. The van der Waals surface area contributed by atoms with E-state index in [4.69, 9.17) is 23.2 Å². The van der Waals surface area contributed by atoms with Crippen molar-refractivity contribution in [3.05, 3.63) is 69.3 Å². The van der Waals surface area contributed by atoms with Crippen LogP contribution in [0, 0.1) is 13.8 Å². The van der Waals surface area contributed by atoms with E-state index in [1.807, 2.05) is 56.3 Å². The molecule has 0 aliphatic rings. The zero-order valence-corrected chi connectivity index (χ0v) is 15.1. The highest BCUT2D eigenvalue weighted by Gasteiger charge is 2.20. The summed E-state index contributed by atoms with van der Waals surface area (Å²) in [5, 5.41) is 5.89. The van der Waals surface area contributed by atoms with Crippen LogP contribution in [-0.4, -0.2) is 15.6 Å². The largest absolute Gasteiger partial charge is 0.293 e. The highest BCUT2D eigenvalue weighted by Crippen LogP contribution is 2.31. The Kier molecular flexibility index (Phi) is 4.48. The van der Waals surface area contributed by atoms with Crippen molar-refractivity contribution in [2.45, 2.75) is 20.8 Å². The Labute approximate surface area is 150 Å². The molecule has 3 aromatic rings. The summed E-state index contributed by atoms with van der Waals surface area (Å²) in [6, 6.07) is 13.1.